The van der Waals surface area contributed by atoms with E-state index in [1.54, 1.807) is 4.90 Å². The third kappa shape index (κ3) is 3.53. The Balaban J connectivity index is 1.28. The number of hydrogen-bond donors (Lipinski definition) is 3. The Hall–Kier alpha value is -2.71. The molecule has 9 nitrogen and oxygen atoms in total. The number of aromatic nitrogens is 2. The molecule has 0 radical (unpaired) electrons. The molecule has 1 aliphatic carbocycles. The van der Waals surface area contributed by atoms with Crippen LogP contribution in [0.1, 0.15) is 48.5 Å². The Morgan fingerprint density at radius 1 is 1.25 bits per heavy atom. The van der Waals surface area contributed by atoms with E-state index in [-0.39, 0.29) is 17.9 Å². The molecule has 2 aliphatic heterocycles. The van der Waals surface area contributed by atoms with Crippen LogP contribution in [0, 0.1) is 6.92 Å². The largest absolute Gasteiger partial charge is 0.370 e. The third-order valence-corrected chi connectivity index (χ3v) is 5.94. The highest BCUT2D eigenvalue weighted by Crippen LogP contribution is 2.29. The number of nitrogens with one attached hydrogen (secondary N) is 2. The molecule has 150 valence electrons. The number of carbonyl (C=O) groups excluding carboxylic acids is 2. The molecule has 4 rings (SSSR count). The summed E-state index contributed by atoms with van der Waals surface area (Å²) in [4.78, 5) is 39.8. The van der Waals surface area contributed by atoms with Crippen molar-refractivity contribution in [2.75, 3.05) is 19.6 Å². The smallest absolute Gasteiger partial charge is 0.317 e. The molecule has 4 N–H and O–H groups in total. The van der Waals surface area contributed by atoms with Gasteiger partial charge in [-0.15, -0.1) is 0 Å². The minimum absolute atomic E-state index is 0.125. The second-order valence-electron chi connectivity index (χ2n) is 7.81. The van der Waals surface area contributed by atoms with Crippen molar-refractivity contribution in [1.29, 1.82) is 0 Å². The summed E-state index contributed by atoms with van der Waals surface area (Å²) >= 11 is 0. The van der Waals surface area contributed by atoms with Gasteiger partial charge < -0.3 is 16.0 Å². The summed E-state index contributed by atoms with van der Waals surface area (Å²) in [6, 6.07) is -0.125. The van der Waals surface area contributed by atoms with Crippen LogP contribution in [0.15, 0.2) is 4.99 Å². The fourth-order valence-electron chi connectivity index (χ4n) is 4.31. The minimum atomic E-state index is -0.796. The molecule has 1 saturated heterocycles. The maximum Gasteiger partial charge on any atom is 0.317 e. The molecule has 9 heteroatoms. The van der Waals surface area contributed by atoms with Gasteiger partial charge in [-0.25, -0.2) is 19.8 Å². The Bertz CT molecular complexity index is 828. The van der Waals surface area contributed by atoms with Gasteiger partial charge in [0.25, 0.3) is 5.91 Å². The number of urea groups is 1. The minimum Gasteiger partial charge on any atom is -0.370 e. The van der Waals surface area contributed by atoms with E-state index in [9.17, 15) is 9.59 Å². The van der Waals surface area contributed by atoms with Crippen LogP contribution in [0.4, 0.5) is 4.79 Å². The summed E-state index contributed by atoms with van der Waals surface area (Å²) < 4.78 is 0. The Morgan fingerprint density at radius 2 is 2.00 bits per heavy atom. The lowest BCUT2D eigenvalue weighted by Gasteiger charge is -2.35. The van der Waals surface area contributed by atoms with Crippen LogP contribution in [0.2, 0.25) is 0 Å². The number of amides is 3. The second-order valence-corrected chi connectivity index (χ2v) is 7.81. The van der Waals surface area contributed by atoms with Gasteiger partial charge in [-0.05, 0) is 51.0 Å². The number of aliphatic imine (C=N–C) groups is 1. The van der Waals surface area contributed by atoms with Crippen LogP contribution in [0.5, 0.6) is 0 Å². The maximum atomic E-state index is 12.5. The van der Waals surface area contributed by atoms with Gasteiger partial charge in [0, 0.05) is 37.4 Å². The SMILES string of the molecule is Cc1nc(CCNC(=O)N2CCC3(CC2)N=C(N)NC3=O)nc2c1CCCC2. The van der Waals surface area contributed by atoms with Crippen molar-refractivity contribution in [2.24, 2.45) is 10.7 Å². The van der Waals surface area contributed by atoms with Gasteiger partial charge >= 0.3 is 6.03 Å². The summed E-state index contributed by atoms with van der Waals surface area (Å²) in [5.74, 6) is 0.803. The lowest BCUT2D eigenvalue weighted by atomic mass is 9.88. The average Bonchev–Trinajstić information content (AvgIpc) is 2.95. The van der Waals surface area contributed by atoms with Gasteiger partial charge in [-0.1, -0.05) is 0 Å². The number of aryl methyl sites for hydroxylation is 2. The van der Waals surface area contributed by atoms with E-state index in [2.05, 4.69) is 20.6 Å². The maximum absolute atomic E-state index is 12.5. The normalized spacial score (nSPS) is 20.5. The van der Waals surface area contributed by atoms with Crippen LogP contribution < -0.4 is 16.4 Å². The highest BCUT2D eigenvalue weighted by Gasteiger charge is 2.45. The van der Waals surface area contributed by atoms with Gasteiger partial charge in [0.15, 0.2) is 5.96 Å². The number of guanidine groups is 1. The molecule has 1 aromatic rings. The van der Waals surface area contributed by atoms with Crippen molar-refractivity contribution in [2.45, 2.75) is 57.4 Å². The zero-order valence-electron chi connectivity index (χ0n) is 16.3. The molecule has 0 aromatic carbocycles. The van der Waals surface area contributed by atoms with Crippen molar-refractivity contribution in [3.8, 4) is 0 Å². The molecule has 0 atom stereocenters. The predicted octanol–water partition coefficient (Wildman–Crippen LogP) is 0.195. The zero-order chi connectivity index (χ0) is 19.7. The fraction of sp³-hybridized carbons (Fsp3) is 0.632. The van der Waals surface area contributed by atoms with Crippen molar-refractivity contribution in [1.82, 2.24) is 25.5 Å². The number of nitrogens with zero attached hydrogens (tertiary/aromatic N) is 4. The summed E-state index contributed by atoms with van der Waals surface area (Å²) in [6.07, 6.45) is 6.07. The Morgan fingerprint density at radius 3 is 2.71 bits per heavy atom. The van der Waals surface area contributed by atoms with Crippen molar-refractivity contribution in [3.05, 3.63) is 22.8 Å². The van der Waals surface area contributed by atoms with Gasteiger partial charge in [0.05, 0.1) is 0 Å². The van der Waals surface area contributed by atoms with Gasteiger partial charge in [-0.3, -0.25) is 10.1 Å². The Labute approximate surface area is 164 Å². The molecule has 3 aliphatic rings. The van der Waals surface area contributed by atoms with Crippen LogP contribution in [-0.2, 0) is 24.1 Å². The van der Waals surface area contributed by atoms with E-state index in [0.717, 1.165) is 24.4 Å². The van der Waals surface area contributed by atoms with Gasteiger partial charge in [0.2, 0.25) is 0 Å². The predicted molar refractivity (Wildman–Crippen MR) is 104 cm³/mol. The lowest BCUT2D eigenvalue weighted by molar-refractivity contribution is -0.125. The molecule has 0 saturated carbocycles. The molecule has 28 heavy (non-hydrogen) atoms. The number of piperidine rings is 1. The number of fused-ring (bicyclic) bond motifs is 1. The topological polar surface area (TPSA) is 126 Å². The van der Waals surface area contributed by atoms with E-state index in [4.69, 9.17) is 10.7 Å². The first-order valence-corrected chi connectivity index (χ1v) is 10.0. The van der Waals surface area contributed by atoms with Crippen molar-refractivity contribution in [3.63, 3.8) is 0 Å². The third-order valence-electron chi connectivity index (χ3n) is 5.94. The molecule has 0 bridgehead atoms. The van der Waals surface area contributed by atoms with Gasteiger partial charge in [0.1, 0.15) is 11.4 Å². The van der Waals surface area contributed by atoms with E-state index in [0.29, 0.717) is 38.9 Å². The quantitative estimate of drug-likeness (QED) is 0.685. The highest BCUT2D eigenvalue weighted by molar-refractivity contribution is 6.06. The van der Waals surface area contributed by atoms with Gasteiger partial charge in [-0.2, -0.15) is 0 Å². The van der Waals surface area contributed by atoms with E-state index in [1.165, 1.54) is 24.1 Å². The number of hydrogen-bond acceptors (Lipinski definition) is 6. The number of nitrogens with two attached hydrogens (primary N) is 1. The lowest BCUT2D eigenvalue weighted by Crippen LogP contribution is -2.52. The Kier molecular flexibility index (Phi) is 4.91. The monoisotopic (exact) mass is 385 g/mol. The number of carbonyl (C=O) groups is 2. The molecule has 1 aromatic heterocycles. The number of rotatable bonds is 3. The average molecular weight is 385 g/mol. The standard InChI is InChI=1S/C19H27N7O2/c1-12-13-4-2-3-5-14(13)23-15(22-12)6-9-21-18(28)26-10-7-19(8-11-26)16(27)24-17(20)25-19/h2-11H2,1H3,(H,21,28)(H3,20,24,25,27). The first-order chi connectivity index (χ1) is 13.5. The summed E-state index contributed by atoms with van der Waals surface area (Å²) in [6.45, 7) is 3.49. The molecule has 3 heterocycles. The fourth-order valence-corrected chi connectivity index (χ4v) is 4.31. The van der Waals surface area contributed by atoms with Crippen molar-refractivity contribution >= 4 is 17.9 Å². The molecular formula is C19H27N7O2. The van der Waals surface area contributed by atoms with Crippen LogP contribution in [0.3, 0.4) is 0 Å². The molecule has 3 amide bonds. The summed E-state index contributed by atoms with van der Waals surface area (Å²) in [5.41, 5.74) is 8.37. The zero-order valence-corrected chi connectivity index (χ0v) is 16.3. The van der Waals surface area contributed by atoms with Crippen LogP contribution in [-0.4, -0.2) is 57.9 Å². The van der Waals surface area contributed by atoms with E-state index >= 15 is 0 Å². The summed E-state index contributed by atoms with van der Waals surface area (Å²) in [5, 5.41) is 5.50. The summed E-state index contributed by atoms with van der Waals surface area (Å²) in [7, 11) is 0. The second kappa shape index (κ2) is 7.37. The van der Waals surface area contributed by atoms with E-state index in [1.807, 2.05) is 6.92 Å². The highest BCUT2D eigenvalue weighted by atomic mass is 16.2. The molecule has 1 spiro atoms. The van der Waals surface area contributed by atoms with Crippen LogP contribution >= 0.6 is 0 Å². The first-order valence-electron chi connectivity index (χ1n) is 10.0. The van der Waals surface area contributed by atoms with Crippen molar-refractivity contribution < 1.29 is 9.59 Å². The molecule has 1 fully saturated rings. The van der Waals surface area contributed by atoms with Crippen LogP contribution in [0.25, 0.3) is 0 Å². The first kappa shape index (κ1) is 18.6. The number of likely N-dealkylation sites (tertiary alicyclic amines) is 1. The molecular weight excluding hydrogens is 358 g/mol. The molecule has 0 unspecified atom stereocenters. The van der Waals surface area contributed by atoms with E-state index < -0.39 is 5.54 Å².